The number of aliphatic hydroxyl groups excluding tert-OH is 2. The summed E-state index contributed by atoms with van der Waals surface area (Å²) in [6.07, 6.45) is -9.26. The van der Waals surface area contributed by atoms with Crippen LogP contribution in [-0.2, 0) is 42.7 Å². The molecule has 0 aromatic heterocycles. The summed E-state index contributed by atoms with van der Waals surface area (Å²) in [5.74, 6) is -3.76. The molecule has 0 spiro atoms. The van der Waals surface area contributed by atoms with Crippen molar-refractivity contribution in [1.82, 2.24) is 5.32 Å². The molecule has 2 aliphatic heterocycles. The van der Waals surface area contributed by atoms with Crippen LogP contribution in [0.2, 0.25) is 0 Å². The lowest BCUT2D eigenvalue weighted by Gasteiger charge is -2.71. The van der Waals surface area contributed by atoms with Gasteiger partial charge in [-0.15, -0.1) is 0 Å². The molecule has 2 heterocycles. The Hall–Kier alpha value is -3.86. The van der Waals surface area contributed by atoms with Gasteiger partial charge in [0.2, 0.25) is 0 Å². The molecule has 4 N–H and O–H groups in total. The van der Waals surface area contributed by atoms with Crippen LogP contribution in [0.1, 0.15) is 98.9 Å². The third-order valence-electron chi connectivity index (χ3n) is 13.2. The van der Waals surface area contributed by atoms with Gasteiger partial charge in [0.05, 0.1) is 36.3 Å². The molecule has 6 rings (SSSR count). The predicted molar refractivity (Wildman–Crippen MR) is 210 cm³/mol. The molecule has 0 unspecified atom stereocenters. The minimum atomic E-state index is -2.18. The van der Waals surface area contributed by atoms with Gasteiger partial charge in [0.15, 0.2) is 18.0 Å². The van der Waals surface area contributed by atoms with Crippen LogP contribution in [0.25, 0.3) is 0 Å². The number of ether oxygens (including phenoxy) is 7. The highest BCUT2D eigenvalue weighted by Crippen LogP contribution is 2.67. The predicted octanol–water partition coefficient (Wildman–Crippen LogP) is 4.30. The molecule has 59 heavy (non-hydrogen) atoms. The first-order valence-electron chi connectivity index (χ1n) is 20.4. The van der Waals surface area contributed by atoms with Crippen molar-refractivity contribution in [2.45, 2.75) is 160 Å². The van der Waals surface area contributed by atoms with Crippen LogP contribution in [0, 0.1) is 22.7 Å². The second kappa shape index (κ2) is 15.9. The van der Waals surface area contributed by atoms with Crippen molar-refractivity contribution in [3.63, 3.8) is 0 Å². The number of esters is 3. The van der Waals surface area contributed by atoms with E-state index >= 15 is 0 Å². The van der Waals surface area contributed by atoms with Crippen LogP contribution in [0.4, 0.5) is 4.79 Å². The van der Waals surface area contributed by atoms with Crippen molar-refractivity contribution < 1.29 is 67.7 Å². The molecular formula is C44H61NO14. The fourth-order valence-corrected chi connectivity index (χ4v) is 10.4. The minimum absolute atomic E-state index is 0.0735. The molecule has 2 saturated carbocycles. The highest BCUT2D eigenvalue weighted by molar-refractivity contribution is 5.89. The molecule has 1 amide bonds. The lowest BCUT2D eigenvalue weighted by atomic mass is 9.44. The third kappa shape index (κ3) is 7.71. The highest BCUT2D eigenvalue weighted by Gasteiger charge is 2.79. The average molecular weight is 828 g/mol. The lowest BCUT2D eigenvalue weighted by Crippen LogP contribution is -2.83. The summed E-state index contributed by atoms with van der Waals surface area (Å²) in [4.78, 5) is 54.3. The van der Waals surface area contributed by atoms with Gasteiger partial charge in [-0.3, -0.25) is 4.79 Å². The molecule has 1 aromatic carbocycles. The van der Waals surface area contributed by atoms with Gasteiger partial charge in [-0.2, -0.15) is 0 Å². The van der Waals surface area contributed by atoms with E-state index in [0.717, 1.165) is 0 Å². The summed E-state index contributed by atoms with van der Waals surface area (Å²) < 4.78 is 43.4. The van der Waals surface area contributed by atoms with Gasteiger partial charge >= 0.3 is 24.0 Å². The molecule has 4 fully saturated rings. The lowest BCUT2D eigenvalue weighted by molar-refractivity contribution is -0.405. The maximum atomic E-state index is 14.3. The van der Waals surface area contributed by atoms with Gasteiger partial charge < -0.3 is 53.8 Å². The fraction of sp³-hybridized carbons (Fsp3) is 0.682. The van der Waals surface area contributed by atoms with E-state index in [2.05, 4.69) is 11.9 Å². The summed E-state index contributed by atoms with van der Waals surface area (Å²) in [7, 11) is 0. The van der Waals surface area contributed by atoms with Crippen molar-refractivity contribution in [2.75, 3.05) is 6.61 Å². The number of nitrogens with one attached hydrogen (secondary N) is 1. The van der Waals surface area contributed by atoms with Crippen LogP contribution >= 0.6 is 0 Å². The van der Waals surface area contributed by atoms with E-state index in [4.69, 9.17) is 33.2 Å². The number of rotatable bonds is 10. The Morgan fingerprint density at radius 3 is 2.27 bits per heavy atom. The van der Waals surface area contributed by atoms with Gasteiger partial charge in [0.25, 0.3) is 0 Å². The third-order valence-corrected chi connectivity index (χ3v) is 13.2. The molecule has 1 aromatic rings. The molecule has 5 aliphatic rings. The van der Waals surface area contributed by atoms with E-state index in [0.29, 0.717) is 5.57 Å². The number of carbonyl (C=O) groups is 4. The molecule has 2 bridgehead atoms. The number of hydrogen-bond acceptors (Lipinski definition) is 14. The normalized spacial score (nSPS) is 36.8. The maximum Gasteiger partial charge on any atom is 0.407 e. The molecule has 3 aliphatic carbocycles. The van der Waals surface area contributed by atoms with Crippen molar-refractivity contribution in [3.8, 4) is 0 Å². The van der Waals surface area contributed by atoms with Crippen molar-refractivity contribution >= 4 is 24.0 Å². The van der Waals surface area contributed by atoms with Gasteiger partial charge in [0.1, 0.15) is 35.6 Å². The van der Waals surface area contributed by atoms with Crippen LogP contribution in [-0.4, -0.2) is 118 Å². The number of amides is 1. The molecular weight excluding hydrogens is 766 g/mol. The zero-order valence-corrected chi connectivity index (χ0v) is 35.7. The number of aliphatic hydroxyl groups is 3. The van der Waals surface area contributed by atoms with E-state index in [1.165, 1.54) is 13.0 Å². The van der Waals surface area contributed by atoms with E-state index in [9.17, 15) is 34.5 Å². The van der Waals surface area contributed by atoms with Crippen LogP contribution < -0.4 is 5.32 Å². The summed E-state index contributed by atoms with van der Waals surface area (Å²) in [5.41, 5.74) is -6.50. The summed E-state index contributed by atoms with van der Waals surface area (Å²) >= 11 is 0. The van der Waals surface area contributed by atoms with E-state index < -0.39 is 113 Å². The van der Waals surface area contributed by atoms with Crippen LogP contribution in [0.3, 0.4) is 0 Å². The Labute approximate surface area is 345 Å². The monoisotopic (exact) mass is 827 g/mol. The molecule has 2 saturated heterocycles. The van der Waals surface area contributed by atoms with E-state index in [1.807, 2.05) is 20.8 Å². The largest absolute Gasteiger partial charge is 0.456 e. The second-order valence-electron chi connectivity index (χ2n) is 19.0. The fourth-order valence-electron chi connectivity index (χ4n) is 10.4. The SMILES string of the molecule is C=C[C@H]1O[C@H]2C[C@H]3OC[C@@]3(OC(C)=O)[C@H]3[C@H](OC(=O)c4ccccc4)[C@]4(O)C[C@H](OC(=O)[C@H](O)[C@H](CC(C)C)NC(=O)OC(C)(C)C)C(C)=C([C@@H](O)[C@H](O1)[C@]23C)C4(C)C. The topological polar surface area (TPSA) is 206 Å². The zero-order valence-electron chi connectivity index (χ0n) is 35.7. The number of fused-ring (bicyclic) bond motifs is 4. The first kappa shape index (κ1) is 44.7. The van der Waals surface area contributed by atoms with Crippen molar-refractivity contribution in [2.24, 2.45) is 22.7 Å². The number of benzene rings is 1. The molecule has 13 atom stereocenters. The Kier molecular flexibility index (Phi) is 12.0. The van der Waals surface area contributed by atoms with Gasteiger partial charge in [-0.1, -0.05) is 59.4 Å². The number of alkyl carbamates (subject to hydrolysis) is 1. The average Bonchev–Trinajstić information content (AvgIpc) is 3.12. The summed E-state index contributed by atoms with van der Waals surface area (Å²) in [5, 5.41) is 40.6. The highest BCUT2D eigenvalue weighted by atomic mass is 16.7. The first-order chi connectivity index (χ1) is 27.4. The van der Waals surface area contributed by atoms with Crippen LogP contribution in [0.15, 0.2) is 54.1 Å². The summed E-state index contributed by atoms with van der Waals surface area (Å²) in [6, 6.07) is 7.10. The van der Waals surface area contributed by atoms with E-state index in [1.54, 1.807) is 71.9 Å². The first-order valence-corrected chi connectivity index (χ1v) is 20.4. The minimum Gasteiger partial charge on any atom is -0.456 e. The summed E-state index contributed by atoms with van der Waals surface area (Å²) in [6.45, 7) is 20.7. The smallest absolute Gasteiger partial charge is 0.407 e. The maximum absolute atomic E-state index is 14.3. The molecule has 15 nitrogen and oxygen atoms in total. The van der Waals surface area contributed by atoms with Crippen molar-refractivity contribution in [3.05, 3.63) is 59.7 Å². The van der Waals surface area contributed by atoms with Gasteiger partial charge in [-0.25, -0.2) is 14.4 Å². The Morgan fingerprint density at radius 1 is 1.05 bits per heavy atom. The van der Waals surface area contributed by atoms with Gasteiger partial charge in [0, 0.05) is 30.6 Å². The molecule has 0 radical (unpaired) electrons. The van der Waals surface area contributed by atoms with Crippen molar-refractivity contribution in [1.29, 1.82) is 0 Å². The van der Waals surface area contributed by atoms with Crippen LogP contribution in [0.5, 0.6) is 0 Å². The molecule has 15 heteroatoms. The molecule has 326 valence electrons. The van der Waals surface area contributed by atoms with E-state index in [-0.39, 0.29) is 42.9 Å². The standard InChI is InChI=1S/C44H61NO14/c1-12-30-55-28-19-29-43(21-53-29,58-24(5)46)34-36(57-37(49)25-16-14-13-15-17-25)44(52)20-27(23(4)31(41(44,9)10)33(48)35(56-30)42(28,34)11)54-38(50)32(47)26(18-22(2)3)45-39(51)59-40(6,7)8/h12-17,22,26-30,32-36,47-48,52H,1,18-21H2,2-11H3,(H,45,51)/t26-,27-,28-,29+,30-,32+,33+,34-,35-,36-,42+,43-,44+/m0/s1. The Bertz CT molecular complexity index is 1840. The van der Waals surface area contributed by atoms with Gasteiger partial charge in [-0.05, 0) is 69.4 Å². The number of carbonyl (C=O) groups excluding carboxylic acids is 4. The Balaban J connectivity index is 1.51. The second-order valence-corrected chi connectivity index (χ2v) is 19.0. The zero-order chi connectivity index (χ0) is 43.6. The number of hydrogen-bond donors (Lipinski definition) is 4. The Morgan fingerprint density at radius 2 is 1.71 bits per heavy atom. The quantitative estimate of drug-likeness (QED) is 0.148.